The Morgan fingerprint density at radius 1 is 0.424 bits per heavy atom. The number of likely N-dealkylation sites (N-methyl/N-ethyl adjacent to an activating group) is 1. The summed E-state index contributed by atoms with van der Waals surface area (Å²) in [5.41, 5.74) is 0. The summed E-state index contributed by atoms with van der Waals surface area (Å²) < 4.78 is 30.5. The lowest BCUT2D eigenvalue weighted by atomic mass is 10.0. The number of quaternary nitrogens is 1. The van der Waals surface area contributed by atoms with Crippen LogP contribution in [0.25, 0.3) is 0 Å². The molecule has 0 aliphatic rings. The molecule has 0 rings (SSSR count). The van der Waals surface area contributed by atoms with Crippen LogP contribution in [0.1, 0.15) is 342 Å². The van der Waals surface area contributed by atoms with Gasteiger partial charge in [0, 0.05) is 12.8 Å². The van der Waals surface area contributed by atoms with Crippen LogP contribution in [0.3, 0.4) is 0 Å². The van der Waals surface area contributed by atoms with Crippen LogP contribution < -0.4 is 10.2 Å². The Kier molecular flexibility index (Phi) is 62.5. The number of rotatable bonds is 66. The lowest BCUT2D eigenvalue weighted by molar-refractivity contribution is -0.870. The SMILES string of the molecule is CC/C=C\C/C=C\C/C=C\C/C=C\C/C=C\CCCCCCCCCCCCCC(=O)OC(/C=C/CCCCCCCCCCCCC)C(COP(=O)([O-])OCC[N+](C)(C)C)NC(=O)CCCCCCCCCCCCCCCCCCCCC. The third-order valence-corrected chi connectivity index (χ3v) is 17.1. The first-order valence-corrected chi connectivity index (χ1v) is 37.7. The predicted molar refractivity (Wildman–Crippen MR) is 367 cm³/mol. The van der Waals surface area contributed by atoms with Crippen LogP contribution in [-0.4, -0.2) is 69.4 Å². The highest BCUT2D eigenvalue weighted by Gasteiger charge is 2.27. The van der Waals surface area contributed by atoms with E-state index in [1.165, 1.54) is 218 Å². The van der Waals surface area contributed by atoms with Crippen LogP contribution in [0.4, 0.5) is 0 Å². The Hall–Kier alpha value is -2.55. The first-order chi connectivity index (χ1) is 41.4. The van der Waals surface area contributed by atoms with Crippen LogP contribution >= 0.6 is 7.82 Å². The van der Waals surface area contributed by atoms with Gasteiger partial charge in [0.05, 0.1) is 33.8 Å². The molecule has 3 atom stereocenters. The molecule has 0 aromatic heterocycles. The molecule has 85 heavy (non-hydrogen) atoms. The normalized spacial score (nSPS) is 13.9. The molecule has 10 heteroatoms. The Balaban J connectivity index is 5.06. The van der Waals surface area contributed by atoms with E-state index in [0.29, 0.717) is 17.4 Å². The zero-order valence-electron chi connectivity index (χ0n) is 56.8. The zero-order valence-corrected chi connectivity index (χ0v) is 57.7. The number of phosphoric ester groups is 1. The molecule has 0 aromatic carbocycles. The van der Waals surface area contributed by atoms with Crippen LogP contribution in [0.5, 0.6) is 0 Å². The maximum atomic E-state index is 13.6. The fraction of sp³-hybridized carbons (Fsp3) is 0.813. The maximum absolute atomic E-state index is 13.6. The molecule has 0 heterocycles. The molecule has 0 saturated heterocycles. The van der Waals surface area contributed by atoms with Gasteiger partial charge in [-0.15, -0.1) is 0 Å². The largest absolute Gasteiger partial charge is 0.756 e. The number of carbonyl (C=O) groups is 2. The first-order valence-electron chi connectivity index (χ1n) is 36.2. The van der Waals surface area contributed by atoms with E-state index >= 15 is 0 Å². The number of esters is 1. The Morgan fingerprint density at radius 3 is 1.13 bits per heavy atom. The van der Waals surface area contributed by atoms with Crippen molar-refractivity contribution >= 4 is 19.7 Å². The summed E-state index contributed by atoms with van der Waals surface area (Å²) in [6.07, 6.45) is 84.5. The van der Waals surface area contributed by atoms with Gasteiger partial charge in [-0.2, -0.15) is 0 Å². The van der Waals surface area contributed by atoms with Crippen molar-refractivity contribution in [3.05, 3.63) is 72.9 Å². The van der Waals surface area contributed by atoms with Gasteiger partial charge in [-0.1, -0.05) is 325 Å². The molecule has 0 fully saturated rings. The molecule has 496 valence electrons. The molecule has 9 nitrogen and oxygen atoms in total. The molecule has 0 aliphatic carbocycles. The van der Waals surface area contributed by atoms with Gasteiger partial charge in [-0.3, -0.25) is 14.2 Å². The molecular weight excluding hydrogens is 1070 g/mol. The van der Waals surface area contributed by atoms with Crippen molar-refractivity contribution in [2.75, 3.05) is 40.9 Å². The van der Waals surface area contributed by atoms with Gasteiger partial charge in [0.15, 0.2) is 0 Å². The highest BCUT2D eigenvalue weighted by Crippen LogP contribution is 2.38. The summed E-state index contributed by atoms with van der Waals surface area (Å²) in [7, 11) is 1.19. The Labute approximate surface area is 527 Å². The van der Waals surface area contributed by atoms with Crippen molar-refractivity contribution in [3.8, 4) is 0 Å². The third kappa shape index (κ3) is 65.7. The second-order valence-electron chi connectivity index (χ2n) is 25.7. The molecule has 1 amide bonds. The van der Waals surface area contributed by atoms with E-state index in [0.717, 1.165) is 89.9 Å². The van der Waals surface area contributed by atoms with Gasteiger partial charge in [0.1, 0.15) is 19.3 Å². The van der Waals surface area contributed by atoms with Crippen molar-refractivity contribution in [1.82, 2.24) is 5.32 Å². The van der Waals surface area contributed by atoms with E-state index in [1.807, 2.05) is 33.3 Å². The average molecular weight is 1210 g/mol. The topological polar surface area (TPSA) is 114 Å². The van der Waals surface area contributed by atoms with Gasteiger partial charge in [0.2, 0.25) is 5.91 Å². The lowest BCUT2D eigenvalue weighted by Gasteiger charge is -2.30. The molecule has 3 unspecified atom stereocenters. The fourth-order valence-corrected chi connectivity index (χ4v) is 11.3. The molecule has 0 aliphatic heterocycles. The number of unbranched alkanes of at least 4 members (excludes halogenated alkanes) is 40. The van der Waals surface area contributed by atoms with Crippen molar-refractivity contribution in [1.29, 1.82) is 0 Å². The fourth-order valence-electron chi connectivity index (χ4n) is 10.6. The molecule has 0 radical (unpaired) electrons. The predicted octanol–water partition coefficient (Wildman–Crippen LogP) is 22.5. The smallest absolute Gasteiger partial charge is 0.306 e. The second-order valence-corrected chi connectivity index (χ2v) is 27.1. The molecule has 0 spiro atoms. The number of ether oxygens (including phenoxy) is 1. The lowest BCUT2D eigenvalue weighted by Crippen LogP contribution is -2.47. The van der Waals surface area contributed by atoms with Crippen LogP contribution in [0, 0.1) is 0 Å². The van der Waals surface area contributed by atoms with Crippen LogP contribution in [-0.2, 0) is 27.9 Å². The minimum Gasteiger partial charge on any atom is -0.756 e. The molecule has 0 aromatic rings. The Morgan fingerprint density at radius 2 is 0.753 bits per heavy atom. The quantitative estimate of drug-likeness (QED) is 0.0212. The van der Waals surface area contributed by atoms with Crippen molar-refractivity contribution in [3.63, 3.8) is 0 Å². The van der Waals surface area contributed by atoms with Crippen molar-refractivity contribution in [2.24, 2.45) is 0 Å². The summed E-state index contributed by atoms with van der Waals surface area (Å²) >= 11 is 0. The third-order valence-electron chi connectivity index (χ3n) is 16.2. The molecule has 1 N–H and O–H groups in total. The van der Waals surface area contributed by atoms with Crippen LogP contribution in [0.2, 0.25) is 0 Å². The standard InChI is InChI=1S/C75H139N2O7P/c1-7-10-13-16-19-22-25-28-30-32-34-35-36-37-38-39-40-41-43-45-47-50-53-56-59-62-65-68-75(79)84-73(66-63-60-57-54-51-48-27-24-21-18-15-12-9-3)72(71-83-85(80,81)82-70-69-77(4,5)6)76-74(78)67-64-61-58-55-52-49-46-44-42-33-31-29-26-23-20-17-14-11-8-2/h10,13,19,22,28,30,34-35,37-38,63,66,72-73H,7-9,11-12,14-18,20-21,23-27,29,31-33,36,39-62,64-65,67-71H2,1-6H3,(H-,76,78,80,81)/b13-10-,22-19-,30-28-,35-34-,38-37-,66-63+. The number of amides is 1. The summed E-state index contributed by atoms with van der Waals surface area (Å²) in [4.78, 5) is 40.2. The number of hydrogen-bond donors (Lipinski definition) is 1. The minimum absolute atomic E-state index is 0.0224. The number of allylic oxidation sites excluding steroid dienone is 11. The maximum Gasteiger partial charge on any atom is 0.306 e. The molecule has 0 saturated carbocycles. The summed E-state index contributed by atoms with van der Waals surface area (Å²) in [5.74, 6) is -0.530. The Bertz CT molecular complexity index is 1680. The highest BCUT2D eigenvalue weighted by molar-refractivity contribution is 7.45. The monoisotopic (exact) mass is 1210 g/mol. The van der Waals surface area contributed by atoms with E-state index in [-0.39, 0.29) is 31.5 Å². The summed E-state index contributed by atoms with van der Waals surface area (Å²) in [5, 5.41) is 3.05. The van der Waals surface area contributed by atoms with Crippen molar-refractivity contribution in [2.45, 2.75) is 354 Å². The van der Waals surface area contributed by atoms with Gasteiger partial charge in [0.25, 0.3) is 7.82 Å². The summed E-state index contributed by atoms with van der Waals surface area (Å²) in [6, 6.07) is -0.890. The second kappa shape index (κ2) is 64.4. The average Bonchev–Trinajstić information content (AvgIpc) is 3.50. The van der Waals surface area contributed by atoms with Crippen LogP contribution in [0.15, 0.2) is 72.9 Å². The van der Waals surface area contributed by atoms with E-state index in [9.17, 15) is 19.0 Å². The number of nitrogens with zero attached hydrogens (tertiary/aromatic N) is 1. The number of phosphoric acid groups is 1. The van der Waals surface area contributed by atoms with Gasteiger partial charge >= 0.3 is 5.97 Å². The number of hydrogen-bond acceptors (Lipinski definition) is 7. The van der Waals surface area contributed by atoms with E-state index in [4.69, 9.17) is 13.8 Å². The number of nitrogens with one attached hydrogen (secondary N) is 1. The van der Waals surface area contributed by atoms with E-state index in [1.54, 1.807) is 0 Å². The van der Waals surface area contributed by atoms with Gasteiger partial charge < -0.3 is 28.5 Å². The minimum atomic E-state index is -4.71. The number of carbonyl (C=O) groups excluding carboxylic acids is 2. The summed E-state index contributed by atoms with van der Waals surface area (Å²) in [6.45, 7) is 6.78. The molecule has 0 bridgehead atoms. The zero-order chi connectivity index (χ0) is 62.1. The molecular formula is C75H139N2O7P. The van der Waals surface area contributed by atoms with Gasteiger partial charge in [-0.25, -0.2) is 0 Å². The van der Waals surface area contributed by atoms with Crippen molar-refractivity contribution < 1.29 is 37.3 Å². The first kappa shape index (κ1) is 82.5. The van der Waals surface area contributed by atoms with Gasteiger partial charge in [-0.05, 0) is 76.7 Å². The van der Waals surface area contributed by atoms with E-state index < -0.39 is 20.0 Å². The van der Waals surface area contributed by atoms with E-state index in [2.05, 4.69) is 86.8 Å². The highest BCUT2D eigenvalue weighted by atomic mass is 31.2.